The minimum atomic E-state index is -0.477. The molecule has 0 aromatic heterocycles. The number of hydrogen-bond donors (Lipinski definition) is 3. The molecule has 96 valence electrons. The zero-order valence-electron chi connectivity index (χ0n) is 10.0. The third kappa shape index (κ3) is 3.92. The van der Waals surface area contributed by atoms with E-state index < -0.39 is 6.04 Å². The lowest BCUT2D eigenvalue weighted by Gasteiger charge is -2.38. The molecule has 3 atom stereocenters. The second kappa shape index (κ2) is 6.42. The van der Waals surface area contributed by atoms with E-state index in [4.69, 9.17) is 5.73 Å². The van der Waals surface area contributed by atoms with E-state index in [1.165, 1.54) is 0 Å². The van der Waals surface area contributed by atoms with Crippen LogP contribution in [0.2, 0.25) is 0 Å². The largest absolute Gasteiger partial charge is 0.392 e. The molecule has 2 unspecified atom stereocenters. The Balaban J connectivity index is 0.00000225. The number of nitrogens with one attached hydrogen (secondary N) is 1. The molecule has 0 aromatic rings. The second-order valence-electron chi connectivity index (χ2n) is 4.92. The Bertz CT molecular complexity index is 236. The van der Waals surface area contributed by atoms with Gasteiger partial charge < -0.3 is 16.2 Å². The zero-order valence-corrected chi connectivity index (χ0v) is 10.8. The number of rotatable bonds is 3. The van der Waals surface area contributed by atoms with Crippen molar-refractivity contribution in [3.05, 3.63) is 0 Å². The molecule has 1 aliphatic rings. The third-order valence-electron chi connectivity index (χ3n) is 3.36. The van der Waals surface area contributed by atoms with Gasteiger partial charge in [0.25, 0.3) is 0 Å². The minimum Gasteiger partial charge on any atom is -0.392 e. The van der Waals surface area contributed by atoms with Crippen LogP contribution in [0.15, 0.2) is 0 Å². The van der Waals surface area contributed by atoms with E-state index in [-0.39, 0.29) is 29.8 Å². The predicted octanol–water partition coefficient (Wildman–Crippen LogP) is 0.813. The van der Waals surface area contributed by atoms with Crippen molar-refractivity contribution in [3.63, 3.8) is 0 Å². The van der Waals surface area contributed by atoms with Crippen molar-refractivity contribution in [1.29, 1.82) is 0 Å². The molecule has 1 aliphatic carbocycles. The van der Waals surface area contributed by atoms with E-state index >= 15 is 0 Å². The molecule has 5 heteroatoms. The van der Waals surface area contributed by atoms with Gasteiger partial charge in [0.05, 0.1) is 12.1 Å². The van der Waals surface area contributed by atoms with Crippen LogP contribution < -0.4 is 11.1 Å². The van der Waals surface area contributed by atoms with Gasteiger partial charge in [0, 0.05) is 12.0 Å². The van der Waals surface area contributed by atoms with Gasteiger partial charge in [-0.15, -0.1) is 12.4 Å². The first-order valence-corrected chi connectivity index (χ1v) is 5.67. The molecular formula is C11H23ClN2O2. The number of amides is 1. The smallest absolute Gasteiger partial charge is 0.236 e. The summed E-state index contributed by atoms with van der Waals surface area (Å²) in [7, 11) is 0. The van der Waals surface area contributed by atoms with Crippen LogP contribution in [0.1, 0.15) is 39.5 Å². The third-order valence-corrected chi connectivity index (χ3v) is 3.36. The Kier molecular flexibility index (Phi) is 6.30. The first kappa shape index (κ1) is 15.7. The summed E-state index contributed by atoms with van der Waals surface area (Å²) in [6.07, 6.45) is 3.71. The lowest BCUT2D eigenvalue weighted by atomic mass is 9.73. The summed E-state index contributed by atoms with van der Waals surface area (Å²) >= 11 is 0. The highest BCUT2D eigenvalue weighted by Crippen LogP contribution is 2.35. The average Bonchev–Trinajstić information content (AvgIpc) is 2.19. The van der Waals surface area contributed by atoms with Gasteiger partial charge >= 0.3 is 0 Å². The molecule has 0 aliphatic heterocycles. The van der Waals surface area contributed by atoms with Gasteiger partial charge in [-0.25, -0.2) is 0 Å². The maximum absolute atomic E-state index is 11.3. The number of carbonyl (C=O) groups is 1. The van der Waals surface area contributed by atoms with E-state index in [2.05, 4.69) is 5.32 Å². The molecule has 0 aromatic carbocycles. The van der Waals surface area contributed by atoms with Crippen molar-refractivity contribution in [2.45, 2.75) is 51.7 Å². The Labute approximate surface area is 103 Å². The van der Waals surface area contributed by atoms with Crippen LogP contribution in [-0.2, 0) is 4.79 Å². The minimum absolute atomic E-state index is 0. The van der Waals surface area contributed by atoms with E-state index in [9.17, 15) is 9.90 Å². The Morgan fingerprint density at radius 3 is 2.75 bits per heavy atom. The molecule has 0 radical (unpaired) electrons. The van der Waals surface area contributed by atoms with Crippen LogP contribution in [0, 0.1) is 5.41 Å². The lowest BCUT2D eigenvalue weighted by Crippen LogP contribution is -2.48. The maximum Gasteiger partial charge on any atom is 0.236 e. The van der Waals surface area contributed by atoms with Crippen LogP contribution in [0.25, 0.3) is 0 Å². The summed E-state index contributed by atoms with van der Waals surface area (Å²) in [5.41, 5.74) is 5.28. The van der Waals surface area contributed by atoms with E-state index in [1.807, 2.05) is 6.92 Å². The van der Waals surface area contributed by atoms with Gasteiger partial charge in [-0.05, 0) is 19.8 Å². The summed E-state index contributed by atoms with van der Waals surface area (Å²) in [6, 6.07) is -0.477. The molecule has 16 heavy (non-hydrogen) atoms. The predicted molar refractivity (Wildman–Crippen MR) is 66.5 cm³/mol. The summed E-state index contributed by atoms with van der Waals surface area (Å²) in [5, 5.41) is 12.7. The van der Waals surface area contributed by atoms with E-state index in [0.29, 0.717) is 6.54 Å². The van der Waals surface area contributed by atoms with E-state index in [1.54, 1.807) is 6.92 Å². The first-order chi connectivity index (χ1) is 6.96. The summed E-state index contributed by atoms with van der Waals surface area (Å²) in [6.45, 7) is 4.21. The number of carbonyl (C=O) groups excluding carboxylic acids is 1. The quantitative estimate of drug-likeness (QED) is 0.694. The van der Waals surface area contributed by atoms with Crippen molar-refractivity contribution in [3.8, 4) is 0 Å². The number of aliphatic hydroxyl groups excluding tert-OH is 1. The van der Waals surface area contributed by atoms with Gasteiger partial charge in [-0.3, -0.25) is 4.79 Å². The topological polar surface area (TPSA) is 75.4 Å². The molecule has 0 bridgehead atoms. The highest BCUT2D eigenvalue weighted by Gasteiger charge is 2.35. The van der Waals surface area contributed by atoms with Crippen molar-refractivity contribution in [2.75, 3.05) is 6.54 Å². The molecule has 1 fully saturated rings. The summed E-state index contributed by atoms with van der Waals surface area (Å²) < 4.78 is 0. The zero-order chi connectivity index (χ0) is 11.5. The highest BCUT2D eigenvalue weighted by molar-refractivity contribution is 5.85. The fourth-order valence-corrected chi connectivity index (χ4v) is 2.04. The van der Waals surface area contributed by atoms with Crippen LogP contribution >= 0.6 is 12.4 Å². The van der Waals surface area contributed by atoms with Crippen LogP contribution in [0.4, 0.5) is 0 Å². The van der Waals surface area contributed by atoms with Crippen molar-refractivity contribution in [1.82, 2.24) is 5.32 Å². The fraction of sp³-hybridized carbons (Fsp3) is 0.909. The Morgan fingerprint density at radius 2 is 2.25 bits per heavy atom. The monoisotopic (exact) mass is 250 g/mol. The number of halogens is 1. The molecular weight excluding hydrogens is 228 g/mol. The van der Waals surface area contributed by atoms with Gasteiger partial charge in [-0.2, -0.15) is 0 Å². The van der Waals surface area contributed by atoms with Crippen LogP contribution in [0.5, 0.6) is 0 Å². The Hall–Kier alpha value is -0.320. The Morgan fingerprint density at radius 1 is 1.62 bits per heavy atom. The van der Waals surface area contributed by atoms with Crippen molar-refractivity contribution >= 4 is 18.3 Å². The fourth-order valence-electron chi connectivity index (χ4n) is 2.04. The first-order valence-electron chi connectivity index (χ1n) is 5.67. The second-order valence-corrected chi connectivity index (χ2v) is 4.92. The van der Waals surface area contributed by atoms with E-state index in [0.717, 1.165) is 25.7 Å². The number of nitrogens with two attached hydrogens (primary N) is 1. The normalized spacial score (nSPS) is 31.4. The van der Waals surface area contributed by atoms with Crippen LogP contribution in [0.3, 0.4) is 0 Å². The molecule has 4 N–H and O–H groups in total. The lowest BCUT2D eigenvalue weighted by molar-refractivity contribution is -0.123. The van der Waals surface area contributed by atoms with Crippen LogP contribution in [-0.4, -0.2) is 29.7 Å². The molecule has 0 heterocycles. The molecule has 0 spiro atoms. The summed E-state index contributed by atoms with van der Waals surface area (Å²) in [5.74, 6) is -0.144. The molecule has 1 rings (SSSR count). The molecule has 4 nitrogen and oxygen atoms in total. The van der Waals surface area contributed by atoms with Crippen molar-refractivity contribution in [2.24, 2.45) is 11.1 Å². The SMILES string of the molecule is C[C@@H](N)C(=O)NCC1(C)CCCCC1O.Cl. The average molecular weight is 251 g/mol. The highest BCUT2D eigenvalue weighted by atomic mass is 35.5. The summed E-state index contributed by atoms with van der Waals surface area (Å²) in [4.78, 5) is 11.3. The van der Waals surface area contributed by atoms with Gasteiger partial charge in [0.2, 0.25) is 5.91 Å². The number of hydrogen-bond acceptors (Lipinski definition) is 3. The van der Waals surface area contributed by atoms with Gasteiger partial charge in [0.15, 0.2) is 0 Å². The number of aliphatic hydroxyl groups is 1. The molecule has 1 saturated carbocycles. The van der Waals surface area contributed by atoms with Crippen molar-refractivity contribution < 1.29 is 9.90 Å². The maximum atomic E-state index is 11.3. The molecule has 0 saturated heterocycles. The van der Waals surface area contributed by atoms with Gasteiger partial charge in [0.1, 0.15) is 0 Å². The molecule has 1 amide bonds. The standard InChI is InChI=1S/C11H22N2O2.ClH/c1-8(12)10(15)13-7-11(2)6-4-3-5-9(11)14;/h8-9,14H,3-7,12H2,1-2H3,(H,13,15);1H/t8-,9?,11?;/m1./s1. The van der Waals surface area contributed by atoms with Gasteiger partial charge in [-0.1, -0.05) is 19.8 Å².